The molecule has 1 aromatic rings. The largest absolute Gasteiger partial charge is 0.481 e. The second-order valence-electron chi connectivity index (χ2n) is 13.3. The standard InChI is InChI=1S/C33H52N2O6/c1-6-7-8-13-18-25(21-24-16-11-9-12-17-24)29(38)35-33(19-14-10-15-20-33)26(22-27(36)37)34-30(39)28-31(2,3)23-40-32(4,5)41-28/h9,11-12,16-17,25-26,28H,6-8,10,13-15,18-23H2,1-5H3,(H,34,39)(H,35,38)(H,36,37). The summed E-state index contributed by atoms with van der Waals surface area (Å²) in [5.41, 5.74) is -0.333. The molecule has 1 saturated carbocycles. The summed E-state index contributed by atoms with van der Waals surface area (Å²) in [5, 5.41) is 16.4. The Labute approximate surface area is 246 Å². The summed E-state index contributed by atoms with van der Waals surface area (Å²) in [4.78, 5) is 39.9. The number of carbonyl (C=O) groups is 3. The fraction of sp³-hybridized carbons (Fsp3) is 0.727. The number of nitrogens with one attached hydrogen (secondary N) is 2. The molecular formula is C33H52N2O6. The molecule has 3 N–H and O–H groups in total. The van der Waals surface area contributed by atoms with E-state index in [-0.39, 0.29) is 24.2 Å². The maximum Gasteiger partial charge on any atom is 0.305 e. The number of aliphatic carboxylic acids is 1. The molecule has 230 valence electrons. The number of rotatable bonds is 14. The minimum absolute atomic E-state index is 0.0549. The van der Waals surface area contributed by atoms with Gasteiger partial charge in [0.2, 0.25) is 11.8 Å². The van der Waals surface area contributed by atoms with Crippen molar-refractivity contribution in [2.45, 2.75) is 135 Å². The van der Waals surface area contributed by atoms with Crippen LogP contribution in [0.2, 0.25) is 0 Å². The Balaban J connectivity index is 1.86. The quantitative estimate of drug-likeness (QED) is 0.244. The molecule has 0 spiro atoms. The molecule has 2 amide bonds. The number of carboxylic acid groups (broad SMARTS) is 1. The van der Waals surface area contributed by atoms with Crippen LogP contribution in [0.5, 0.6) is 0 Å². The van der Waals surface area contributed by atoms with Gasteiger partial charge in [-0.15, -0.1) is 0 Å². The van der Waals surface area contributed by atoms with Gasteiger partial charge in [-0.1, -0.05) is 96.0 Å². The molecule has 1 aliphatic heterocycles. The zero-order chi connectivity index (χ0) is 30.1. The van der Waals surface area contributed by atoms with Crippen LogP contribution < -0.4 is 10.6 Å². The number of hydrogen-bond donors (Lipinski definition) is 3. The molecule has 8 nitrogen and oxygen atoms in total. The topological polar surface area (TPSA) is 114 Å². The lowest BCUT2D eigenvalue weighted by molar-refractivity contribution is -0.304. The Hall–Kier alpha value is -2.45. The monoisotopic (exact) mass is 572 g/mol. The molecule has 3 rings (SSSR count). The molecule has 3 atom stereocenters. The highest BCUT2D eigenvalue weighted by Crippen LogP contribution is 2.37. The first-order chi connectivity index (χ1) is 19.4. The van der Waals surface area contributed by atoms with E-state index in [0.29, 0.717) is 25.9 Å². The van der Waals surface area contributed by atoms with Crippen molar-refractivity contribution in [2.24, 2.45) is 11.3 Å². The number of benzene rings is 1. The third-order valence-corrected chi connectivity index (χ3v) is 8.72. The first kappa shape index (κ1) is 33.1. The van der Waals surface area contributed by atoms with Gasteiger partial charge in [0, 0.05) is 11.3 Å². The SMILES string of the molecule is CCCCCCC(Cc1ccccc1)C(=O)NC1(C(CC(=O)O)NC(=O)C2OC(C)(C)OCC2(C)C)CCCCC1. The van der Waals surface area contributed by atoms with Crippen molar-refractivity contribution < 1.29 is 29.0 Å². The summed E-state index contributed by atoms with van der Waals surface area (Å²) in [6.45, 7) is 9.86. The van der Waals surface area contributed by atoms with E-state index in [0.717, 1.165) is 56.9 Å². The molecule has 1 aliphatic carbocycles. The van der Waals surface area contributed by atoms with Gasteiger partial charge in [0.25, 0.3) is 0 Å². The molecule has 41 heavy (non-hydrogen) atoms. The number of ether oxygens (including phenoxy) is 2. The van der Waals surface area contributed by atoms with Crippen molar-refractivity contribution in [3.8, 4) is 0 Å². The van der Waals surface area contributed by atoms with Gasteiger partial charge in [-0.05, 0) is 45.1 Å². The number of carbonyl (C=O) groups excluding carboxylic acids is 2. The van der Waals surface area contributed by atoms with Crippen molar-refractivity contribution in [2.75, 3.05) is 6.61 Å². The number of hydrogen-bond acceptors (Lipinski definition) is 5. The summed E-state index contributed by atoms with van der Waals surface area (Å²) in [6, 6.07) is 9.29. The minimum Gasteiger partial charge on any atom is -0.481 e. The fourth-order valence-electron chi connectivity index (χ4n) is 6.26. The highest BCUT2D eigenvalue weighted by atomic mass is 16.7. The van der Waals surface area contributed by atoms with Crippen molar-refractivity contribution in [1.82, 2.24) is 10.6 Å². The Morgan fingerprint density at radius 1 is 1.00 bits per heavy atom. The first-order valence-electron chi connectivity index (χ1n) is 15.6. The molecule has 2 aliphatic rings. The lowest BCUT2D eigenvalue weighted by Gasteiger charge is -2.47. The highest BCUT2D eigenvalue weighted by molar-refractivity contribution is 5.84. The van der Waals surface area contributed by atoms with Crippen LogP contribution in [0.1, 0.15) is 111 Å². The zero-order valence-corrected chi connectivity index (χ0v) is 25.8. The van der Waals surface area contributed by atoms with Gasteiger partial charge in [0.05, 0.1) is 24.6 Å². The molecule has 0 radical (unpaired) electrons. The van der Waals surface area contributed by atoms with Gasteiger partial charge in [-0.25, -0.2) is 0 Å². The highest BCUT2D eigenvalue weighted by Gasteiger charge is 2.49. The second-order valence-corrected chi connectivity index (χ2v) is 13.3. The van der Waals surface area contributed by atoms with Gasteiger partial charge in [-0.2, -0.15) is 0 Å². The van der Waals surface area contributed by atoms with Crippen molar-refractivity contribution in [1.29, 1.82) is 0 Å². The summed E-state index contributed by atoms with van der Waals surface area (Å²) in [7, 11) is 0. The summed E-state index contributed by atoms with van der Waals surface area (Å²) in [5.74, 6) is -2.59. The van der Waals surface area contributed by atoms with Gasteiger partial charge in [0.15, 0.2) is 5.79 Å². The molecule has 0 bridgehead atoms. The predicted octanol–water partition coefficient (Wildman–Crippen LogP) is 5.77. The molecular weight excluding hydrogens is 520 g/mol. The van der Waals surface area contributed by atoms with Crippen molar-refractivity contribution in [3.63, 3.8) is 0 Å². The summed E-state index contributed by atoms with van der Waals surface area (Å²) >= 11 is 0. The zero-order valence-electron chi connectivity index (χ0n) is 25.8. The van der Waals surface area contributed by atoms with Crippen molar-refractivity contribution >= 4 is 17.8 Å². The molecule has 1 heterocycles. The van der Waals surface area contributed by atoms with Gasteiger partial charge >= 0.3 is 5.97 Å². The van der Waals surface area contributed by atoms with Crippen LogP contribution in [0.15, 0.2) is 30.3 Å². The summed E-state index contributed by atoms with van der Waals surface area (Å²) < 4.78 is 11.8. The van der Waals surface area contributed by atoms with E-state index >= 15 is 0 Å². The molecule has 1 saturated heterocycles. The Morgan fingerprint density at radius 3 is 2.32 bits per heavy atom. The minimum atomic E-state index is -1.01. The average Bonchev–Trinajstić information content (AvgIpc) is 2.92. The third kappa shape index (κ3) is 9.53. The molecule has 0 aromatic heterocycles. The fourth-order valence-corrected chi connectivity index (χ4v) is 6.26. The molecule has 1 aromatic carbocycles. The van der Waals surface area contributed by atoms with Crippen LogP contribution in [0, 0.1) is 11.3 Å². The third-order valence-electron chi connectivity index (χ3n) is 8.72. The predicted molar refractivity (Wildman–Crippen MR) is 159 cm³/mol. The van der Waals surface area contributed by atoms with E-state index < -0.39 is 34.9 Å². The van der Waals surface area contributed by atoms with Crippen LogP contribution in [-0.4, -0.2) is 53.0 Å². The van der Waals surface area contributed by atoms with E-state index in [1.54, 1.807) is 13.8 Å². The van der Waals surface area contributed by atoms with Crippen molar-refractivity contribution in [3.05, 3.63) is 35.9 Å². The maximum absolute atomic E-state index is 14.0. The average molecular weight is 573 g/mol. The van der Waals surface area contributed by atoms with Crippen LogP contribution in [0.4, 0.5) is 0 Å². The molecule has 8 heteroatoms. The van der Waals surface area contributed by atoms with Gasteiger partial charge < -0.3 is 25.2 Å². The van der Waals surface area contributed by atoms with Crippen LogP contribution in [0.3, 0.4) is 0 Å². The lowest BCUT2D eigenvalue weighted by Crippen LogP contribution is -2.66. The van der Waals surface area contributed by atoms with Gasteiger partial charge in [-0.3, -0.25) is 14.4 Å². The maximum atomic E-state index is 14.0. The van der Waals surface area contributed by atoms with Gasteiger partial charge in [0.1, 0.15) is 6.10 Å². The first-order valence-corrected chi connectivity index (χ1v) is 15.6. The number of carboxylic acids is 1. The van der Waals surface area contributed by atoms with E-state index in [4.69, 9.17) is 9.47 Å². The Bertz CT molecular complexity index is 1000. The Kier molecular flexibility index (Phi) is 11.8. The molecule has 3 unspecified atom stereocenters. The second kappa shape index (κ2) is 14.6. The van der Waals surface area contributed by atoms with Crippen LogP contribution in [-0.2, 0) is 30.3 Å². The van der Waals surface area contributed by atoms with E-state index in [1.165, 1.54) is 0 Å². The van der Waals surface area contributed by atoms with E-state index in [2.05, 4.69) is 17.6 Å². The van der Waals surface area contributed by atoms with E-state index in [1.807, 2.05) is 44.2 Å². The smallest absolute Gasteiger partial charge is 0.305 e. The lowest BCUT2D eigenvalue weighted by atomic mass is 9.74. The Morgan fingerprint density at radius 2 is 1.68 bits per heavy atom. The molecule has 2 fully saturated rings. The van der Waals surface area contributed by atoms with Crippen LogP contribution in [0.25, 0.3) is 0 Å². The number of amides is 2. The normalized spacial score (nSPS) is 22.7. The van der Waals surface area contributed by atoms with E-state index in [9.17, 15) is 19.5 Å². The number of unbranched alkanes of at least 4 members (excludes halogenated alkanes) is 3. The summed E-state index contributed by atoms with van der Waals surface area (Å²) in [6.07, 6.45) is 8.58. The van der Waals surface area contributed by atoms with Crippen LogP contribution >= 0.6 is 0 Å².